The highest BCUT2D eigenvalue weighted by atomic mass is 19.4. The Morgan fingerprint density at radius 1 is 1.39 bits per heavy atom. The molecule has 1 aromatic rings. The highest BCUT2D eigenvalue weighted by Gasteiger charge is 2.35. The lowest BCUT2D eigenvalue weighted by molar-refractivity contribution is -0.140. The molecule has 2 N–H and O–H groups in total. The Bertz CT molecular complexity index is 590. The number of anilines is 1. The molecule has 1 atom stereocenters. The van der Waals surface area contributed by atoms with Crippen LogP contribution in [0.15, 0.2) is 18.2 Å². The molecular formula is C14H16F4N2O3. The van der Waals surface area contributed by atoms with Crippen molar-refractivity contribution in [3.63, 3.8) is 0 Å². The van der Waals surface area contributed by atoms with Crippen molar-refractivity contribution in [3.05, 3.63) is 29.6 Å². The van der Waals surface area contributed by atoms with Crippen LogP contribution >= 0.6 is 0 Å². The van der Waals surface area contributed by atoms with Gasteiger partial charge in [0.25, 0.3) is 0 Å². The molecule has 1 aliphatic rings. The average molecular weight is 336 g/mol. The van der Waals surface area contributed by atoms with Crippen LogP contribution in [0.1, 0.15) is 19.4 Å². The third-order valence-corrected chi connectivity index (χ3v) is 3.11. The van der Waals surface area contributed by atoms with Crippen LogP contribution < -0.4 is 10.6 Å². The summed E-state index contributed by atoms with van der Waals surface area (Å²) < 4.78 is 62.3. The number of carbonyl (C=O) groups excluding carboxylic acids is 1. The first-order valence-electron chi connectivity index (χ1n) is 6.81. The summed E-state index contributed by atoms with van der Waals surface area (Å²) in [5, 5.41) is 4.44. The molecule has 0 bridgehead atoms. The summed E-state index contributed by atoms with van der Waals surface area (Å²) in [5.41, 5.74) is -1.99. The minimum atomic E-state index is -4.83. The fourth-order valence-electron chi connectivity index (χ4n) is 2.08. The molecule has 0 aromatic heterocycles. The van der Waals surface area contributed by atoms with Gasteiger partial charge < -0.3 is 20.1 Å². The predicted molar refractivity (Wildman–Crippen MR) is 73.3 cm³/mol. The zero-order valence-corrected chi connectivity index (χ0v) is 12.5. The quantitative estimate of drug-likeness (QED) is 0.834. The summed E-state index contributed by atoms with van der Waals surface area (Å²) in [7, 11) is 0. The molecule has 1 unspecified atom stereocenters. The normalized spacial score (nSPS) is 20.3. The highest BCUT2D eigenvalue weighted by Crippen LogP contribution is 2.33. The predicted octanol–water partition coefficient (Wildman–Crippen LogP) is 3.12. The van der Waals surface area contributed by atoms with Crippen molar-refractivity contribution in [1.29, 1.82) is 0 Å². The molecule has 128 valence electrons. The Morgan fingerprint density at radius 2 is 2.09 bits per heavy atom. The van der Waals surface area contributed by atoms with Crippen LogP contribution in [0.3, 0.4) is 0 Å². The topological polar surface area (TPSA) is 59.6 Å². The minimum absolute atomic E-state index is 0.0792. The number of rotatable bonds is 3. The zero-order chi connectivity index (χ0) is 17.3. The number of hydrogen-bond acceptors (Lipinski definition) is 3. The first kappa shape index (κ1) is 17.5. The lowest BCUT2D eigenvalue weighted by Gasteiger charge is -2.17. The van der Waals surface area contributed by atoms with Crippen LogP contribution in [0.4, 0.5) is 28.0 Å². The number of alkyl halides is 3. The van der Waals surface area contributed by atoms with Crippen molar-refractivity contribution in [1.82, 2.24) is 5.32 Å². The van der Waals surface area contributed by atoms with Gasteiger partial charge in [-0.15, -0.1) is 0 Å². The molecule has 2 rings (SSSR count). The van der Waals surface area contributed by atoms with Crippen LogP contribution in [0, 0.1) is 5.82 Å². The van der Waals surface area contributed by atoms with Gasteiger partial charge in [0, 0.05) is 6.54 Å². The summed E-state index contributed by atoms with van der Waals surface area (Å²) in [6, 6.07) is 1.82. The van der Waals surface area contributed by atoms with Crippen LogP contribution in [0.25, 0.3) is 0 Å². The van der Waals surface area contributed by atoms with Crippen LogP contribution in [-0.2, 0) is 15.7 Å². The van der Waals surface area contributed by atoms with Gasteiger partial charge in [-0.2, -0.15) is 13.2 Å². The number of urea groups is 1. The van der Waals surface area contributed by atoms with E-state index in [9.17, 15) is 22.4 Å². The minimum Gasteiger partial charge on any atom is -0.348 e. The van der Waals surface area contributed by atoms with Crippen molar-refractivity contribution in [2.75, 3.05) is 18.5 Å². The molecule has 2 amide bonds. The Hall–Kier alpha value is -1.87. The van der Waals surface area contributed by atoms with E-state index in [1.807, 2.05) is 5.32 Å². The van der Waals surface area contributed by atoms with Crippen molar-refractivity contribution in [2.45, 2.75) is 31.9 Å². The van der Waals surface area contributed by atoms with Gasteiger partial charge in [-0.25, -0.2) is 9.18 Å². The maximum atomic E-state index is 13.8. The monoisotopic (exact) mass is 336 g/mol. The van der Waals surface area contributed by atoms with Gasteiger partial charge in [-0.3, -0.25) is 0 Å². The maximum absolute atomic E-state index is 13.8. The Morgan fingerprint density at radius 3 is 2.65 bits per heavy atom. The Labute approximate surface area is 129 Å². The van der Waals surface area contributed by atoms with Crippen LogP contribution in [-0.4, -0.2) is 31.1 Å². The molecule has 1 heterocycles. The molecule has 9 heteroatoms. The number of benzene rings is 1. The molecule has 1 aromatic carbocycles. The molecule has 1 fully saturated rings. The van der Waals surface area contributed by atoms with E-state index < -0.39 is 35.1 Å². The maximum Gasteiger partial charge on any atom is 0.419 e. The van der Waals surface area contributed by atoms with Gasteiger partial charge in [-0.05, 0) is 26.0 Å². The number of ether oxygens (including phenoxy) is 2. The summed E-state index contributed by atoms with van der Waals surface area (Å²) in [6.07, 6.45) is -5.22. The van der Waals surface area contributed by atoms with Gasteiger partial charge >= 0.3 is 12.2 Å². The van der Waals surface area contributed by atoms with Gasteiger partial charge in [-0.1, -0.05) is 6.07 Å². The fraction of sp³-hybridized carbons (Fsp3) is 0.500. The van der Waals surface area contributed by atoms with E-state index in [1.54, 1.807) is 13.8 Å². The fourth-order valence-corrected chi connectivity index (χ4v) is 2.08. The number of amides is 2. The van der Waals surface area contributed by atoms with Crippen LogP contribution in [0.5, 0.6) is 0 Å². The molecule has 0 aliphatic carbocycles. The molecule has 1 saturated heterocycles. The van der Waals surface area contributed by atoms with Crippen molar-refractivity contribution in [3.8, 4) is 0 Å². The second-order valence-electron chi connectivity index (χ2n) is 5.45. The van der Waals surface area contributed by atoms with E-state index in [-0.39, 0.29) is 19.3 Å². The van der Waals surface area contributed by atoms with Crippen molar-refractivity contribution in [2.24, 2.45) is 0 Å². The largest absolute Gasteiger partial charge is 0.419 e. The van der Waals surface area contributed by atoms with E-state index in [4.69, 9.17) is 9.47 Å². The number of nitrogens with one attached hydrogen (secondary N) is 2. The first-order chi connectivity index (χ1) is 10.6. The van der Waals surface area contributed by atoms with Gasteiger partial charge in [0.05, 0.1) is 17.9 Å². The number of carbonyl (C=O) groups is 1. The molecule has 23 heavy (non-hydrogen) atoms. The number of hydrogen-bond donors (Lipinski definition) is 2. The van der Waals surface area contributed by atoms with Gasteiger partial charge in [0.15, 0.2) is 11.6 Å². The second-order valence-corrected chi connectivity index (χ2v) is 5.45. The van der Waals surface area contributed by atoms with E-state index in [2.05, 4.69) is 5.32 Å². The van der Waals surface area contributed by atoms with Gasteiger partial charge in [0.2, 0.25) is 0 Å². The smallest absolute Gasteiger partial charge is 0.348 e. The Kier molecular flexibility index (Phi) is 4.81. The van der Waals surface area contributed by atoms with Gasteiger partial charge in [0.1, 0.15) is 6.10 Å². The lowest BCUT2D eigenvalue weighted by atomic mass is 10.2. The molecule has 0 spiro atoms. The lowest BCUT2D eigenvalue weighted by Crippen LogP contribution is -2.37. The zero-order valence-electron chi connectivity index (χ0n) is 12.5. The summed E-state index contributed by atoms with van der Waals surface area (Å²) in [5.74, 6) is -2.28. The van der Waals surface area contributed by atoms with E-state index in [1.165, 1.54) is 0 Å². The summed E-state index contributed by atoms with van der Waals surface area (Å²) >= 11 is 0. The average Bonchev–Trinajstić information content (AvgIpc) is 2.77. The SMILES string of the molecule is CC1(C)OCC(CNC(=O)Nc2cccc(C(F)(F)F)c2F)O1. The van der Waals surface area contributed by atoms with Crippen molar-refractivity contribution >= 4 is 11.7 Å². The molecular weight excluding hydrogens is 320 g/mol. The standard InChI is InChI=1S/C14H16F4N2O3/c1-13(2)22-7-8(23-13)6-19-12(21)20-10-5-3-4-9(11(10)15)14(16,17)18/h3-5,8H,6-7H2,1-2H3,(H2,19,20,21). The first-order valence-corrected chi connectivity index (χ1v) is 6.81. The number of halogens is 4. The summed E-state index contributed by atoms with van der Waals surface area (Å²) in [6.45, 7) is 3.78. The molecule has 0 saturated carbocycles. The molecule has 5 nitrogen and oxygen atoms in total. The third kappa shape index (κ3) is 4.55. The van der Waals surface area contributed by atoms with E-state index in [0.29, 0.717) is 6.07 Å². The molecule has 1 aliphatic heterocycles. The third-order valence-electron chi connectivity index (χ3n) is 3.11. The molecule has 0 radical (unpaired) electrons. The Balaban J connectivity index is 1.93. The second kappa shape index (κ2) is 6.32. The summed E-state index contributed by atoms with van der Waals surface area (Å²) in [4.78, 5) is 11.7. The van der Waals surface area contributed by atoms with Crippen LogP contribution in [0.2, 0.25) is 0 Å². The van der Waals surface area contributed by atoms with E-state index in [0.717, 1.165) is 12.1 Å². The highest BCUT2D eigenvalue weighted by molar-refractivity contribution is 5.89. The van der Waals surface area contributed by atoms with Crippen molar-refractivity contribution < 1.29 is 31.8 Å². The van der Waals surface area contributed by atoms with E-state index >= 15 is 0 Å².